The Morgan fingerprint density at radius 3 is 2.75 bits per heavy atom. The molecule has 0 amide bonds. The van der Waals surface area contributed by atoms with Gasteiger partial charge in [-0.15, -0.1) is 11.3 Å². The second-order valence-electron chi connectivity index (χ2n) is 3.43. The topological polar surface area (TPSA) is 87.2 Å². The first-order chi connectivity index (χ1) is 7.39. The third kappa shape index (κ3) is 2.52. The second-order valence-corrected chi connectivity index (χ2v) is 6.57. The van der Waals surface area contributed by atoms with Crippen molar-refractivity contribution in [1.29, 1.82) is 5.26 Å². The summed E-state index contributed by atoms with van der Waals surface area (Å²) in [5.41, 5.74) is 5.92. The molecule has 0 aromatic carbocycles. The highest BCUT2D eigenvalue weighted by atomic mass is 32.2. The van der Waals surface area contributed by atoms with Gasteiger partial charge < -0.3 is 5.73 Å². The van der Waals surface area contributed by atoms with Gasteiger partial charge in [0.1, 0.15) is 4.21 Å². The molecule has 0 aliphatic rings. The summed E-state index contributed by atoms with van der Waals surface area (Å²) in [4.78, 5) is 0. The van der Waals surface area contributed by atoms with E-state index in [4.69, 9.17) is 11.0 Å². The molecule has 0 bridgehead atoms. The summed E-state index contributed by atoms with van der Waals surface area (Å²) in [6, 6.07) is 3.03. The van der Waals surface area contributed by atoms with Crippen LogP contribution in [0.3, 0.4) is 0 Å². The zero-order chi connectivity index (χ0) is 12.3. The predicted octanol–water partition coefficient (Wildman–Crippen LogP) is 1.25. The van der Waals surface area contributed by atoms with E-state index in [1.54, 1.807) is 12.3 Å². The smallest absolute Gasteiger partial charge is 0.252 e. The molecule has 16 heavy (non-hydrogen) atoms. The minimum Gasteiger partial charge on any atom is -0.398 e. The fourth-order valence-corrected chi connectivity index (χ4v) is 3.73. The van der Waals surface area contributed by atoms with E-state index in [1.807, 2.05) is 6.07 Å². The molecule has 1 aromatic rings. The summed E-state index contributed by atoms with van der Waals surface area (Å²) >= 11 is 1.08. The average Bonchev–Trinajstić information content (AvgIpc) is 2.64. The van der Waals surface area contributed by atoms with Gasteiger partial charge in [0, 0.05) is 24.2 Å². The number of rotatable bonds is 4. The highest BCUT2D eigenvalue weighted by molar-refractivity contribution is 7.91. The quantitative estimate of drug-likeness (QED) is 0.881. The monoisotopic (exact) mass is 259 g/mol. The Bertz CT molecular complexity index is 501. The van der Waals surface area contributed by atoms with Crippen LogP contribution in [-0.4, -0.2) is 25.8 Å². The standard InChI is InChI=1S/C9H13N3O2S2/c1-7(3-4-10)12(2)16(13,14)9-5-8(11)6-15-9/h5-7H,3,11H2,1-2H3. The number of nitrogens with zero attached hydrogens (tertiary/aromatic N) is 2. The minimum atomic E-state index is -3.52. The Hall–Kier alpha value is -1.10. The molecule has 1 rings (SSSR count). The van der Waals surface area contributed by atoms with Crippen molar-refractivity contribution in [3.63, 3.8) is 0 Å². The van der Waals surface area contributed by atoms with Crippen LogP contribution in [0.25, 0.3) is 0 Å². The van der Waals surface area contributed by atoms with Crippen molar-refractivity contribution in [2.75, 3.05) is 12.8 Å². The van der Waals surface area contributed by atoms with E-state index in [9.17, 15) is 8.42 Å². The van der Waals surface area contributed by atoms with Crippen molar-refractivity contribution in [1.82, 2.24) is 4.31 Å². The maximum absolute atomic E-state index is 12.0. The summed E-state index contributed by atoms with van der Waals surface area (Å²) in [6.45, 7) is 1.69. The Balaban J connectivity index is 2.99. The zero-order valence-electron chi connectivity index (χ0n) is 9.04. The summed E-state index contributed by atoms with van der Waals surface area (Å²) in [6.07, 6.45) is 0.163. The molecule has 1 aromatic heterocycles. The number of hydrogen-bond donors (Lipinski definition) is 1. The van der Waals surface area contributed by atoms with Crippen LogP contribution in [-0.2, 0) is 10.0 Å². The number of nitrogens with two attached hydrogens (primary N) is 1. The molecule has 88 valence electrons. The summed E-state index contributed by atoms with van der Waals surface area (Å²) < 4.78 is 25.5. The molecule has 7 heteroatoms. The highest BCUT2D eigenvalue weighted by Gasteiger charge is 2.26. The first kappa shape index (κ1) is 13.0. The molecule has 0 aliphatic heterocycles. The lowest BCUT2D eigenvalue weighted by Gasteiger charge is -2.21. The van der Waals surface area contributed by atoms with E-state index < -0.39 is 10.0 Å². The van der Waals surface area contributed by atoms with Crippen LogP contribution in [0, 0.1) is 11.3 Å². The molecule has 0 saturated carbocycles. The lowest BCUT2D eigenvalue weighted by Crippen LogP contribution is -2.34. The Labute approximate surface area is 99.1 Å². The molecule has 2 N–H and O–H groups in total. The van der Waals surface area contributed by atoms with Crippen molar-refractivity contribution in [3.05, 3.63) is 11.4 Å². The Morgan fingerprint density at radius 2 is 2.31 bits per heavy atom. The Kier molecular flexibility index (Phi) is 3.91. The summed E-state index contributed by atoms with van der Waals surface area (Å²) in [5.74, 6) is 0. The van der Waals surface area contributed by atoms with Gasteiger partial charge in [-0.05, 0) is 13.0 Å². The van der Waals surface area contributed by atoms with Gasteiger partial charge in [0.05, 0.1) is 12.5 Å². The van der Waals surface area contributed by atoms with Crippen molar-refractivity contribution in [2.24, 2.45) is 0 Å². The number of sulfonamides is 1. The van der Waals surface area contributed by atoms with Crippen LogP contribution >= 0.6 is 11.3 Å². The van der Waals surface area contributed by atoms with Gasteiger partial charge in [-0.1, -0.05) is 0 Å². The third-order valence-corrected chi connectivity index (χ3v) is 5.64. The number of anilines is 1. The lowest BCUT2D eigenvalue weighted by atomic mass is 10.3. The van der Waals surface area contributed by atoms with Gasteiger partial charge in [-0.25, -0.2) is 8.42 Å². The molecule has 0 radical (unpaired) electrons. The van der Waals surface area contributed by atoms with Crippen LogP contribution in [0.5, 0.6) is 0 Å². The maximum atomic E-state index is 12.0. The van der Waals surface area contributed by atoms with Crippen molar-refractivity contribution < 1.29 is 8.42 Å². The van der Waals surface area contributed by atoms with E-state index >= 15 is 0 Å². The van der Waals surface area contributed by atoms with E-state index in [0.717, 1.165) is 11.3 Å². The minimum absolute atomic E-state index is 0.163. The second kappa shape index (κ2) is 4.82. The fraction of sp³-hybridized carbons (Fsp3) is 0.444. The van der Waals surface area contributed by atoms with Crippen LogP contribution in [0.1, 0.15) is 13.3 Å². The first-order valence-electron chi connectivity index (χ1n) is 4.58. The van der Waals surface area contributed by atoms with Gasteiger partial charge >= 0.3 is 0 Å². The lowest BCUT2D eigenvalue weighted by molar-refractivity contribution is 0.394. The van der Waals surface area contributed by atoms with E-state index in [1.165, 1.54) is 17.4 Å². The molecule has 5 nitrogen and oxygen atoms in total. The molecular formula is C9H13N3O2S2. The molecule has 1 heterocycles. The van der Waals surface area contributed by atoms with Crippen LogP contribution in [0.2, 0.25) is 0 Å². The van der Waals surface area contributed by atoms with Gasteiger partial charge in [0.2, 0.25) is 0 Å². The first-order valence-corrected chi connectivity index (χ1v) is 6.90. The van der Waals surface area contributed by atoms with Gasteiger partial charge in [0.25, 0.3) is 10.0 Å². The van der Waals surface area contributed by atoms with Crippen molar-refractivity contribution in [3.8, 4) is 6.07 Å². The highest BCUT2D eigenvalue weighted by Crippen LogP contribution is 2.25. The van der Waals surface area contributed by atoms with Gasteiger partial charge in [-0.2, -0.15) is 9.57 Å². The number of thiophene rings is 1. The van der Waals surface area contributed by atoms with Crippen LogP contribution in [0.15, 0.2) is 15.7 Å². The normalized spacial score (nSPS) is 13.6. The van der Waals surface area contributed by atoms with Gasteiger partial charge in [0.15, 0.2) is 0 Å². The largest absolute Gasteiger partial charge is 0.398 e. The average molecular weight is 259 g/mol. The van der Waals surface area contributed by atoms with Gasteiger partial charge in [-0.3, -0.25) is 0 Å². The van der Waals surface area contributed by atoms with Crippen LogP contribution in [0.4, 0.5) is 5.69 Å². The zero-order valence-corrected chi connectivity index (χ0v) is 10.7. The van der Waals surface area contributed by atoms with E-state index in [0.29, 0.717) is 5.69 Å². The predicted molar refractivity (Wildman–Crippen MR) is 63.4 cm³/mol. The molecule has 1 atom stereocenters. The maximum Gasteiger partial charge on any atom is 0.252 e. The van der Waals surface area contributed by atoms with Crippen molar-refractivity contribution in [2.45, 2.75) is 23.6 Å². The molecule has 1 unspecified atom stereocenters. The molecule has 0 aliphatic carbocycles. The van der Waals surface area contributed by atoms with E-state index in [2.05, 4.69) is 0 Å². The molecule has 0 fully saturated rings. The number of nitrogen functional groups attached to an aromatic ring is 1. The number of nitriles is 1. The van der Waals surface area contributed by atoms with Crippen LogP contribution < -0.4 is 5.73 Å². The fourth-order valence-electron chi connectivity index (χ4n) is 1.10. The Morgan fingerprint density at radius 1 is 1.69 bits per heavy atom. The van der Waals surface area contributed by atoms with E-state index in [-0.39, 0.29) is 16.7 Å². The number of hydrogen-bond acceptors (Lipinski definition) is 5. The molecule has 0 saturated heterocycles. The van der Waals surface area contributed by atoms with Crippen molar-refractivity contribution >= 4 is 27.0 Å². The summed E-state index contributed by atoms with van der Waals surface area (Å²) in [7, 11) is -2.05. The molecular weight excluding hydrogens is 246 g/mol. The molecule has 0 spiro atoms. The third-order valence-electron chi connectivity index (χ3n) is 2.24. The summed E-state index contributed by atoms with van der Waals surface area (Å²) in [5, 5.41) is 10.1. The SMILES string of the molecule is CC(CC#N)N(C)S(=O)(=O)c1cc(N)cs1.